The van der Waals surface area contributed by atoms with E-state index in [0.29, 0.717) is 5.82 Å². The highest BCUT2D eigenvalue weighted by molar-refractivity contribution is 6.01. The molecule has 8 heteroatoms. The van der Waals surface area contributed by atoms with Crippen molar-refractivity contribution in [2.24, 2.45) is 0 Å². The highest BCUT2D eigenvalue weighted by Gasteiger charge is 2.22. The molecule has 0 spiro atoms. The van der Waals surface area contributed by atoms with E-state index in [0.717, 1.165) is 29.9 Å². The van der Waals surface area contributed by atoms with E-state index in [9.17, 15) is 14.9 Å². The van der Waals surface area contributed by atoms with Crippen LogP contribution in [0.1, 0.15) is 57.1 Å². The molecule has 0 aliphatic heterocycles. The summed E-state index contributed by atoms with van der Waals surface area (Å²) in [7, 11) is 0. The van der Waals surface area contributed by atoms with E-state index >= 15 is 0 Å². The van der Waals surface area contributed by atoms with Gasteiger partial charge in [-0.3, -0.25) is 4.79 Å². The van der Waals surface area contributed by atoms with E-state index in [1.807, 2.05) is 39.8 Å². The van der Waals surface area contributed by atoms with E-state index in [1.54, 1.807) is 16.9 Å². The van der Waals surface area contributed by atoms with Gasteiger partial charge in [-0.2, -0.15) is 10.4 Å². The molecule has 1 amide bonds. The first-order valence-electron chi connectivity index (χ1n) is 10.0. The molecule has 0 bridgehead atoms. The zero-order chi connectivity index (χ0) is 22.4. The lowest BCUT2D eigenvalue weighted by atomic mass is 10.1. The van der Waals surface area contributed by atoms with E-state index in [2.05, 4.69) is 21.9 Å². The van der Waals surface area contributed by atoms with Crippen LogP contribution in [0.3, 0.4) is 0 Å². The molecule has 160 valence electrons. The minimum absolute atomic E-state index is 0.0630. The molecule has 1 N–H and O–H groups in total. The number of nitriles is 1. The summed E-state index contributed by atoms with van der Waals surface area (Å²) in [5, 5.41) is 16.3. The summed E-state index contributed by atoms with van der Waals surface area (Å²) in [5.41, 5.74) is 2.66. The lowest BCUT2D eigenvalue weighted by molar-refractivity contribution is -0.148. The number of carbonyl (C=O) groups is 2. The van der Waals surface area contributed by atoms with Crippen molar-refractivity contribution in [2.45, 2.75) is 66.7 Å². The molecule has 30 heavy (non-hydrogen) atoms. The maximum Gasteiger partial charge on any atom is 0.349 e. The molecule has 1 atom stereocenters. The second kappa shape index (κ2) is 9.92. The number of ether oxygens (including phenoxy) is 1. The van der Waals surface area contributed by atoms with Crippen molar-refractivity contribution in [3.63, 3.8) is 0 Å². The van der Waals surface area contributed by atoms with Gasteiger partial charge in [0, 0.05) is 30.0 Å². The number of anilines is 1. The van der Waals surface area contributed by atoms with Gasteiger partial charge in [0.2, 0.25) is 0 Å². The van der Waals surface area contributed by atoms with Gasteiger partial charge in [-0.15, -0.1) is 0 Å². The molecule has 2 rings (SSSR count). The van der Waals surface area contributed by atoms with Crippen molar-refractivity contribution in [1.29, 1.82) is 5.26 Å². The Morgan fingerprint density at radius 2 is 2.03 bits per heavy atom. The van der Waals surface area contributed by atoms with Crippen LogP contribution in [0.2, 0.25) is 0 Å². The largest absolute Gasteiger partial charge is 0.448 e. The van der Waals surface area contributed by atoms with Crippen molar-refractivity contribution < 1.29 is 14.3 Å². The quantitative estimate of drug-likeness (QED) is 0.405. The van der Waals surface area contributed by atoms with E-state index in [1.165, 1.54) is 13.0 Å². The highest BCUT2D eigenvalue weighted by atomic mass is 16.5. The Balaban J connectivity index is 2.12. The fourth-order valence-electron chi connectivity index (χ4n) is 3.16. The number of esters is 1. The lowest BCUT2D eigenvalue weighted by Gasteiger charge is -2.15. The van der Waals surface area contributed by atoms with Crippen LogP contribution in [0.25, 0.3) is 6.08 Å². The first-order chi connectivity index (χ1) is 14.2. The van der Waals surface area contributed by atoms with Gasteiger partial charge in [0.15, 0.2) is 6.10 Å². The average molecular weight is 412 g/mol. The van der Waals surface area contributed by atoms with Gasteiger partial charge in [0.1, 0.15) is 17.5 Å². The summed E-state index contributed by atoms with van der Waals surface area (Å²) in [4.78, 5) is 24.9. The molecule has 0 radical (unpaired) electrons. The monoisotopic (exact) mass is 411 g/mol. The minimum Gasteiger partial charge on any atom is -0.448 e. The second-order valence-electron chi connectivity index (χ2n) is 7.44. The molecule has 2 heterocycles. The number of nitrogens with one attached hydrogen (secondary N) is 1. The van der Waals surface area contributed by atoms with Crippen molar-refractivity contribution in [2.75, 3.05) is 5.32 Å². The van der Waals surface area contributed by atoms with Crippen LogP contribution in [0.15, 0.2) is 23.9 Å². The number of hydrogen-bond acceptors (Lipinski definition) is 5. The van der Waals surface area contributed by atoms with Gasteiger partial charge < -0.3 is 14.6 Å². The lowest BCUT2D eigenvalue weighted by Crippen LogP contribution is -2.31. The number of amides is 1. The SMILES string of the molecule is CCCn1c(C)cc(/C=C(\C#N)C(=O)O[C@H](C)C(=O)Nc2ccnn2C(C)C)c1C. The third-order valence-corrected chi connectivity index (χ3v) is 4.76. The van der Waals surface area contributed by atoms with E-state index < -0.39 is 18.0 Å². The maximum atomic E-state index is 12.5. The third-order valence-electron chi connectivity index (χ3n) is 4.76. The van der Waals surface area contributed by atoms with E-state index in [-0.39, 0.29) is 11.6 Å². The van der Waals surface area contributed by atoms with Crippen molar-refractivity contribution in [3.05, 3.63) is 40.9 Å². The Labute approximate surface area is 177 Å². The number of aromatic nitrogens is 3. The summed E-state index contributed by atoms with van der Waals surface area (Å²) in [5.74, 6) is -0.820. The molecule has 0 aliphatic carbocycles. The van der Waals surface area contributed by atoms with Crippen molar-refractivity contribution in [1.82, 2.24) is 14.3 Å². The summed E-state index contributed by atoms with van der Waals surface area (Å²) < 4.78 is 9.02. The Morgan fingerprint density at radius 3 is 2.63 bits per heavy atom. The Kier molecular flexibility index (Phi) is 7.59. The number of rotatable bonds is 8. The molecule has 0 unspecified atom stereocenters. The number of nitrogens with zero attached hydrogens (tertiary/aromatic N) is 4. The fourth-order valence-corrected chi connectivity index (χ4v) is 3.16. The first kappa shape index (κ1) is 22.9. The van der Waals surface area contributed by atoms with Crippen LogP contribution >= 0.6 is 0 Å². The molecule has 0 saturated heterocycles. The molecule has 0 saturated carbocycles. The van der Waals surface area contributed by atoms with Crippen LogP contribution in [-0.4, -0.2) is 32.3 Å². The van der Waals surface area contributed by atoms with Gasteiger partial charge >= 0.3 is 5.97 Å². The predicted octanol–water partition coefficient (Wildman–Crippen LogP) is 3.77. The molecule has 0 aliphatic rings. The normalized spacial score (nSPS) is 12.5. The summed E-state index contributed by atoms with van der Waals surface area (Å²) in [6.07, 6.45) is 3.00. The molecule has 2 aromatic heterocycles. The van der Waals surface area contributed by atoms with Gasteiger partial charge in [0.25, 0.3) is 5.91 Å². The molecule has 2 aromatic rings. The summed E-state index contributed by atoms with van der Waals surface area (Å²) in [6.45, 7) is 12.2. The maximum absolute atomic E-state index is 12.5. The van der Waals surface area contributed by atoms with Crippen LogP contribution < -0.4 is 5.32 Å². The van der Waals surface area contributed by atoms with Crippen molar-refractivity contribution >= 4 is 23.8 Å². The molecule has 0 fully saturated rings. The van der Waals surface area contributed by atoms with Crippen LogP contribution in [0.4, 0.5) is 5.82 Å². The van der Waals surface area contributed by atoms with Crippen LogP contribution in [0.5, 0.6) is 0 Å². The minimum atomic E-state index is -1.07. The van der Waals surface area contributed by atoms with Gasteiger partial charge in [-0.25, -0.2) is 9.48 Å². The third kappa shape index (κ3) is 5.17. The summed E-state index contributed by atoms with van der Waals surface area (Å²) in [6, 6.07) is 5.54. The van der Waals surface area contributed by atoms with Crippen molar-refractivity contribution in [3.8, 4) is 6.07 Å². The zero-order valence-corrected chi connectivity index (χ0v) is 18.4. The first-order valence-corrected chi connectivity index (χ1v) is 10.0. The molecular weight excluding hydrogens is 382 g/mol. The number of carbonyl (C=O) groups excluding carboxylic acids is 2. The van der Waals surface area contributed by atoms with Gasteiger partial charge in [-0.05, 0) is 58.7 Å². The highest BCUT2D eigenvalue weighted by Crippen LogP contribution is 2.19. The predicted molar refractivity (Wildman–Crippen MR) is 115 cm³/mol. The van der Waals surface area contributed by atoms with Crippen LogP contribution in [0, 0.1) is 25.2 Å². The molecule has 0 aromatic carbocycles. The van der Waals surface area contributed by atoms with Gasteiger partial charge in [-0.1, -0.05) is 6.92 Å². The average Bonchev–Trinajstić information content (AvgIpc) is 3.26. The second-order valence-corrected chi connectivity index (χ2v) is 7.44. The Bertz CT molecular complexity index is 991. The van der Waals surface area contributed by atoms with Gasteiger partial charge in [0.05, 0.1) is 6.20 Å². The van der Waals surface area contributed by atoms with Crippen LogP contribution in [-0.2, 0) is 20.9 Å². The standard InChI is InChI=1S/C22H29N5O3/c1-7-10-26-15(4)11-18(16(26)5)12-19(13-23)22(29)30-17(6)21(28)25-20-8-9-24-27(20)14(2)3/h8-9,11-12,14,17H,7,10H2,1-6H3,(H,25,28)/b19-12+/t17-/m1/s1. The summed E-state index contributed by atoms with van der Waals surface area (Å²) >= 11 is 0. The van der Waals surface area contributed by atoms with E-state index in [4.69, 9.17) is 4.74 Å². The zero-order valence-electron chi connectivity index (χ0n) is 18.4. The number of hydrogen-bond donors (Lipinski definition) is 1. The smallest absolute Gasteiger partial charge is 0.349 e. The number of aryl methyl sites for hydroxylation is 1. The Morgan fingerprint density at radius 1 is 1.33 bits per heavy atom. The molecular formula is C22H29N5O3. The Hall–Kier alpha value is -3.34. The topological polar surface area (TPSA) is 102 Å². The molecule has 8 nitrogen and oxygen atoms in total. The fraction of sp³-hybridized carbons (Fsp3) is 0.455.